The van der Waals surface area contributed by atoms with Crippen molar-refractivity contribution in [2.24, 2.45) is 0 Å². The van der Waals surface area contributed by atoms with E-state index < -0.39 is 0 Å². The van der Waals surface area contributed by atoms with Crippen LogP contribution in [0.2, 0.25) is 0 Å². The van der Waals surface area contributed by atoms with Crippen molar-refractivity contribution < 1.29 is 0 Å². The minimum atomic E-state index is 1.32. The maximum absolute atomic E-state index is 2.15. The molecule has 0 saturated carbocycles. The summed E-state index contributed by atoms with van der Waals surface area (Å²) in [5, 5.41) is 0. The van der Waals surface area contributed by atoms with Gasteiger partial charge in [-0.3, -0.25) is 0 Å². The third-order valence-corrected chi connectivity index (χ3v) is 0.940. The largest absolute Gasteiger partial charge is 0.0901 e. The van der Waals surface area contributed by atoms with Crippen molar-refractivity contribution in [3.8, 4) is 0 Å². The molecule has 0 N–H and O–H groups in total. The zero-order valence-electron chi connectivity index (χ0n) is 9.76. The summed E-state index contributed by atoms with van der Waals surface area (Å²) in [7, 11) is 0. The maximum Gasteiger partial charge on any atom is -0.0121 e. The third-order valence-electron chi connectivity index (χ3n) is 0.940. The number of halogens is 1. The molecule has 0 aliphatic carbocycles. The fourth-order valence-corrected chi connectivity index (χ4v) is 0.534. The van der Waals surface area contributed by atoms with Gasteiger partial charge in [-0.15, -0.1) is 0 Å². The average molecular weight is 294 g/mol. The zero-order valence-corrected chi connectivity index (χ0v) is 11.9. The van der Waals surface area contributed by atoms with E-state index in [1.807, 2.05) is 50.8 Å². The standard InChI is InChI=1S/C7H8.2C2H6.CH3I/c1-7-5-3-2-4-6-7;3*1-2/h2-6H,1H3;2*1-2H3;1H3. The lowest BCUT2D eigenvalue weighted by Gasteiger charge is -1.82. The normalized spacial score (nSPS) is 6.08. The quantitative estimate of drug-likeness (QED) is 0.461. The van der Waals surface area contributed by atoms with Gasteiger partial charge < -0.3 is 0 Å². The van der Waals surface area contributed by atoms with E-state index >= 15 is 0 Å². The van der Waals surface area contributed by atoms with Gasteiger partial charge in [0.1, 0.15) is 0 Å². The van der Waals surface area contributed by atoms with Gasteiger partial charge in [0, 0.05) is 0 Å². The van der Waals surface area contributed by atoms with Gasteiger partial charge in [-0.2, -0.15) is 0 Å². The van der Waals surface area contributed by atoms with E-state index in [1.165, 1.54) is 5.56 Å². The number of hydrogen-bond donors (Lipinski definition) is 0. The van der Waals surface area contributed by atoms with Gasteiger partial charge in [0.2, 0.25) is 0 Å². The van der Waals surface area contributed by atoms with Crippen molar-refractivity contribution in [3.63, 3.8) is 0 Å². The molecule has 78 valence electrons. The Morgan fingerprint density at radius 3 is 1.23 bits per heavy atom. The summed E-state index contributed by atoms with van der Waals surface area (Å²) in [6.45, 7) is 10.1. The summed E-state index contributed by atoms with van der Waals surface area (Å²) in [4.78, 5) is 1.97. The molecule has 0 radical (unpaired) electrons. The number of rotatable bonds is 0. The molecule has 0 atom stereocenters. The summed E-state index contributed by atoms with van der Waals surface area (Å²) in [5.41, 5.74) is 1.32. The molecule has 0 nitrogen and oxygen atoms in total. The van der Waals surface area contributed by atoms with E-state index in [1.54, 1.807) is 0 Å². The van der Waals surface area contributed by atoms with Crippen LogP contribution < -0.4 is 0 Å². The fourth-order valence-electron chi connectivity index (χ4n) is 0.534. The molecule has 0 heterocycles. The van der Waals surface area contributed by atoms with Crippen LogP contribution in [0.1, 0.15) is 33.3 Å². The predicted molar refractivity (Wildman–Crippen MR) is 73.8 cm³/mol. The van der Waals surface area contributed by atoms with Crippen molar-refractivity contribution in [1.82, 2.24) is 0 Å². The number of aryl methyl sites for hydroxylation is 1. The summed E-state index contributed by atoms with van der Waals surface area (Å²) in [6, 6.07) is 10.3. The monoisotopic (exact) mass is 294 g/mol. The first kappa shape index (κ1) is 18.7. The SMILES string of the molecule is CC.CC.CI.Cc1ccccc1. The summed E-state index contributed by atoms with van der Waals surface area (Å²) in [6.07, 6.45) is 0. The minimum absolute atomic E-state index is 1.32. The Morgan fingerprint density at radius 2 is 1.08 bits per heavy atom. The van der Waals surface area contributed by atoms with E-state index in [0.29, 0.717) is 0 Å². The maximum atomic E-state index is 2.15. The van der Waals surface area contributed by atoms with Crippen LogP contribution in [0.15, 0.2) is 30.3 Å². The molecule has 0 amide bonds. The Kier molecular flexibility index (Phi) is 32.6. The molecular formula is C12H23I. The molecule has 0 aliphatic rings. The Hall–Kier alpha value is -0.0500. The van der Waals surface area contributed by atoms with E-state index in [4.69, 9.17) is 0 Å². The molecule has 0 unspecified atom stereocenters. The molecule has 13 heavy (non-hydrogen) atoms. The van der Waals surface area contributed by atoms with Gasteiger partial charge >= 0.3 is 0 Å². The lowest BCUT2D eigenvalue weighted by atomic mass is 10.2. The Labute approximate surface area is 97.9 Å². The first-order valence-corrected chi connectivity index (χ1v) is 6.95. The van der Waals surface area contributed by atoms with Crippen LogP contribution in [0.5, 0.6) is 0 Å². The summed E-state index contributed by atoms with van der Waals surface area (Å²) >= 11 is 2.15. The van der Waals surface area contributed by atoms with Crippen LogP contribution in [0, 0.1) is 6.92 Å². The molecule has 0 bridgehead atoms. The second-order valence-electron chi connectivity index (χ2n) is 1.65. The van der Waals surface area contributed by atoms with Gasteiger partial charge in [-0.25, -0.2) is 0 Å². The van der Waals surface area contributed by atoms with Gasteiger partial charge in [-0.1, -0.05) is 86.2 Å². The molecule has 1 heteroatoms. The molecule has 0 fully saturated rings. The van der Waals surface area contributed by atoms with Crippen LogP contribution in [-0.4, -0.2) is 4.93 Å². The average Bonchev–Trinajstić information content (AvgIpc) is 2.28. The van der Waals surface area contributed by atoms with Crippen molar-refractivity contribution >= 4 is 22.6 Å². The first-order valence-electron chi connectivity index (χ1n) is 4.79. The fraction of sp³-hybridized carbons (Fsp3) is 0.500. The Morgan fingerprint density at radius 1 is 0.769 bits per heavy atom. The molecule has 1 aromatic carbocycles. The molecular weight excluding hydrogens is 271 g/mol. The third kappa shape index (κ3) is 18.7. The van der Waals surface area contributed by atoms with E-state index in [-0.39, 0.29) is 0 Å². The van der Waals surface area contributed by atoms with Crippen molar-refractivity contribution in [2.75, 3.05) is 4.93 Å². The highest BCUT2D eigenvalue weighted by atomic mass is 127. The van der Waals surface area contributed by atoms with Crippen molar-refractivity contribution in [1.29, 1.82) is 0 Å². The van der Waals surface area contributed by atoms with Crippen LogP contribution >= 0.6 is 22.6 Å². The highest BCUT2D eigenvalue weighted by molar-refractivity contribution is 14.1. The molecule has 1 rings (SSSR count). The number of hydrogen-bond acceptors (Lipinski definition) is 0. The highest BCUT2D eigenvalue weighted by Gasteiger charge is 1.72. The molecule has 0 saturated heterocycles. The van der Waals surface area contributed by atoms with Crippen LogP contribution in [0.4, 0.5) is 0 Å². The van der Waals surface area contributed by atoms with Crippen LogP contribution in [0.3, 0.4) is 0 Å². The van der Waals surface area contributed by atoms with Crippen LogP contribution in [-0.2, 0) is 0 Å². The molecule has 0 spiro atoms. The van der Waals surface area contributed by atoms with Crippen LogP contribution in [0.25, 0.3) is 0 Å². The predicted octanol–water partition coefficient (Wildman–Crippen LogP) is 5.10. The minimum Gasteiger partial charge on any atom is -0.0901 e. The second-order valence-corrected chi connectivity index (χ2v) is 1.65. The number of alkyl halides is 1. The summed E-state index contributed by atoms with van der Waals surface area (Å²) in [5.74, 6) is 0. The second kappa shape index (κ2) is 22.7. The van der Waals surface area contributed by atoms with Crippen molar-refractivity contribution in [2.45, 2.75) is 34.6 Å². The zero-order chi connectivity index (χ0) is 11.1. The highest BCUT2D eigenvalue weighted by Crippen LogP contribution is 1.92. The first-order chi connectivity index (χ1) is 6.39. The van der Waals surface area contributed by atoms with Gasteiger partial charge in [0.25, 0.3) is 0 Å². The molecule has 0 aliphatic heterocycles. The lowest BCUT2D eigenvalue weighted by molar-refractivity contribution is 1.48. The van der Waals surface area contributed by atoms with E-state index in [2.05, 4.69) is 41.6 Å². The molecule has 0 aromatic heterocycles. The van der Waals surface area contributed by atoms with Crippen molar-refractivity contribution in [3.05, 3.63) is 35.9 Å². The summed E-state index contributed by atoms with van der Waals surface area (Å²) < 4.78 is 0. The Bertz CT molecular complexity index is 135. The van der Waals surface area contributed by atoms with E-state index in [9.17, 15) is 0 Å². The van der Waals surface area contributed by atoms with Gasteiger partial charge in [0.05, 0.1) is 0 Å². The van der Waals surface area contributed by atoms with E-state index in [0.717, 1.165) is 0 Å². The number of benzene rings is 1. The topological polar surface area (TPSA) is 0 Å². The smallest absolute Gasteiger partial charge is 0.0121 e. The van der Waals surface area contributed by atoms with Gasteiger partial charge in [-0.05, 0) is 11.9 Å². The Balaban J connectivity index is -0.000000144. The lowest BCUT2D eigenvalue weighted by Crippen LogP contribution is -1.62. The molecule has 1 aromatic rings. The van der Waals surface area contributed by atoms with Gasteiger partial charge in [0.15, 0.2) is 0 Å².